The molecule has 0 heterocycles. The van der Waals surface area contributed by atoms with E-state index in [2.05, 4.69) is 5.32 Å². The number of halogens is 1. The summed E-state index contributed by atoms with van der Waals surface area (Å²) in [6.45, 7) is 2.83. The molecule has 0 radical (unpaired) electrons. The molecule has 0 unspecified atom stereocenters. The van der Waals surface area contributed by atoms with Gasteiger partial charge in [0.25, 0.3) is 0 Å². The first-order valence-electron chi connectivity index (χ1n) is 5.94. The number of nitrogens with one attached hydrogen (secondary N) is 1. The van der Waals surface area contributed by atoms with Crippen LogP contribution < -0.4 is 5.32 Å². The number of aliphatic hydroxyl groups excluding tert-OH is 1. The number of hydrogen-bond donors (Lipinski definition) is 2. The van der Waals surface area contributed by atoms with Crippen molar-refractivity contribution in [2.45, 2.75) is 31.4 Å². The van der Waals surface area contributed by atoms with Gasteiger partial charge in [0.05, 0.1) is 18.2 Å². The van der Waals surface area contributed by atoms with Crippen molar-refractivity contribution in [3.63, 3.8) is 0 Å². The van der Waals surface area contributed by atoms with Crippen LogP contribution in [0.3, 0.4) is 0 Å². The van der Waals surface area contributed by atoms with Gasteiger partial charge in [-0.1, -0.05) is 17.7 Å². The lowest BCUT2D eigenvalue weighted by atomic mass is 9.74. The Morgan fingerprint density at radius 2 is 2.29 bits per heavy atom. The van der Waals surface area contributed by atoms with Gasteiger partial charge in [-0.25, -0.2) is 0 Å². The Kier molecular flexibility index (Phi) is 3.92. The SMILES string of the molecule is CCOC1CC(CO)(Nc2cccc(Cl)c2)C1. The normalized spacial score (nSPS) is 27.6. The van der Waals surface area contributed by atoms with E-state index in [1.807, 2.05) is 31.2 Å². The van der Waals surface area contributed by atoms with Crippen molar-refractivity contribution in [3.8, 4) is 0 Å². The van der Waals surface area contributed by atoms with Gasteiger partial charge in [0.1, 0.15) is 0 Å². The summed E-state index contributed by atoms with van der Waals surface area (Å²) in [7, 11) is 0. The van der Waals surface area contributed by atoms with E-state index in [4.69, 9.17) is 16.3 Å². The molecule has 0 bridgehead atoms. The first-order valence-corrected chi connectivity index (χ1v) is 6.31. The maximum absolute atomic E-state index is 9.50. The second-order valence-electron chi connectivity index (χ2n) is 4.56. The fourth-order valence-electron chi connectivity index (χ4n) is 2.31. The van der Waals surface area contributed by atoms with Crippen molar-refractivity contribution in [1.82, 2.24) is 0 Å². The maximum Gasteiger partial charge on any atom is 0.0663 e. The molecule has 1 aliphatic carbocycles. The van der Waals surface area contributed by atoms with Gasteiger partial charge in [-0.2, -0.15) is 0 Å². The van der Waals surface area contributed by atoms with Crippen LogP contribution in [0.4, 0.5) is 5.69 Å². The number of anilines is 1. The molecule has 0 saturated heterocycles. The predicted octanol–water partition coefficient (Wildman–Crippen LogP) is 2.68. The summed E-state index contributed by atoms with van der Waals surface area (Å²) in [5.74, 6) is 0. The van der Waals surface area contributed by atoms with Crippen LogP contribution in [0.1, 0.15) is 19.8 Å². The quantitative estimate of drug-likeness (QED) is 0.850. The number of aliphatic hydroxyl groups is 1. The molecule has 0 atom stereocenters. The van der Waals surface area contributed by atoms with E-state index in [1.54, 1.807) is 0 Å². The van der Waals surface area contributed by atoms with Gasteiger partial charge in [-0.05, 0) is 38.0 Å². The van der Waals surface area contributed by atoms with Crippen LogP contribution in [-0.2, 0) is 4.74 Å². The molecule has 0 aliphatic heterocycles. The van der Waals surface area contributed by atoms with Crippen LogP contribution in [0.2, 0.25) is 5.02 Å². The highest BCUT2D eigenvalue weighted by Gasteiger charge is 2.44. The molecular formula is C13H18ClNO2. The highest BCUT2D eigenvalue weighted by atomic mass is 35.5. The molecule has 0 amide bonds. The standard InChI is InChI=1S/C13H18ClNO2/c1-2-17-12-7-13(8-12,9-16)15-11-5-3-4-10(14)6-11/h3-6,12,15-16H,2,7-9H2,1H3. The molecule has 1 saturated carbocycles. The molecule has 3 nitrogen and oxygen atoms in total. The van der Waals surface area contributed by atoms with Gasteiger partial charge < -0.3 is 15.2 Å². The lowest BCUT2D eigenvalue weighted by Crippen LogP contribution is -2.56. The van der Waals surface area contributed by atoms with Crippen molar-refractivity contribution >= 4 is 17.3 Å². The zero-order chi connectivity index (χ0) is 12.3. The van der Waals surface area contributed by atoms with E-state index in [0.29, 0.717) is 5.02 Å². The lowest BCUT2D eigenvalue weighted by molar-refractivity contribution is -0.0458. The van der Waals surface area contributed by atoms with E-state index < -0.39 is 0 Å². The second kappa shape index (κ2) is 5.25. The van der Waals surface area contributed by atoms with Gasteiger partial charge in [0, 0.05) is 17.3 Å². The Labute approximate surface area is 107 Å². The number of rotatable bonds is 5. The third-order valence-corrected chi connectivity index (χ3v) is 3.41. The predicted molar refractivity (Wildman–Crippen MR) is 69.5 cm³/mol. The summed E-state index contributed by atoms with van der Waals surface area (Å²) in [5, 5.41) is 13.6. The van der Waals surface area contributed by atoms with Crippen LogP contribution in [0.5, 0.6) is 0 Å². The number of hydrogen-bond acceptors (Lipinski definition) is 3. The minimum absolute atomic E-state index is 0.114. The topological polar surface area (TPSA) is 41.5 Å². The van der Waals surface area contributed by atoms with Crippen molar-refractivity contribution in [3.05, 3.63) is 29.3 Å². The third-order valence-electron chi connectivity index (χ3n) is 3.18. The monoisotopic (exact) mass is 255 g/mol. The smallest absolute Gasteiger partial charge is 0.0663 e. The summed E-state index contributed by atoms with van der Waals surface area (Å²) in [6, 6.07) is 7.56. The molecule has 17 heavy (non-hydrogen) atoms. The summed E-state index contributed by atoms with van der Waals surface area (Å²) < 4.78 is 5.52. The zero-order valence-corrected chi connectivity index (χ0v) is 10.7. The van der Waals surface area contributed by atoms with Gasteiger partial charge in [-0.3, -0.25) is 0 Å². The molecule has 0 aromatic heterocycles. The highest BCUT2D eigenvalue weighted by Crippen LogP contribution is 2.37. The summed E-state index contributed by atoms with van der Waals surface area (Å²) in [4.78, 5) is 0. The Bertz CT molecular complexity index is 377. The fraction of sp³-hybridized carbons (Fsp3) is 0.538. The van der Waals surface area contributed by atoms with Gasteiger partial charge in [-0.15, -0.1) is 0 Å². The Hall–Kier alpha value is -0.770. The molecule has 2 N–H and O–H groups in total. The number of ether oxygens (including phenoxy) is 1. The molecule has 1 aromatic rings. The van der Waals surface area contributed by atoms with Crippen LogP contribution in [0.25, 0.3) is 0 Å². The first kappa shape index (κ1) is 12.7. The van der Waals surface area contributed by atoms with Crippen LogP contribution in [0.15, 0.2) is 24.3 Å². The van der Waals surface area contributed by atoms with Gasteiger partial charge in [0.15, 0.2) is 0 Å². The summed E-state index contributed by atoms with van der Waals surface area (Å²) in [6.07, 6.45) is 1.94. The van der Waals surface area contributed by atoms with Crippen molar-refractivity contribution in [1.29, 1.82) is 0 Å². The fourth-order valence-corrected chi connectivity index (χ4v) is 2.50. The van der Waals surface area contributed by atoms with Crippen LogP contribution in [-0.4, -0.2) is 30.0 Å². The second-order valence-corrected chi connectivity index (χ2v) is 5.00. The minimum Gasteiger partial charge on any atom is -0.394 e. The average molecular weight is 256 g/mol. The third kappa shape index (κ3) is 2.92. The van der Waals surface area contributed by atoms with E-state index >= 15 is 0 Å². The molecule has 1 fully saturated rings. The molecule has 4 heteroatoms. The van der Waals surface area contributed by atoms with Gasteiger partial charge >= 0.3 is 0 Å². The van der Waals surface area contributed by atoms with E-state index in [9.17, 15) is 5.11 Å². The lowest BCUT2D eigenvalue weighted by Gasteiger charge is -2.47. The Morgan fingerprint density at radius 1 is 1.53 bits per heavy atom. The molecule has 1 aliphatic rings. The molecule has 2 rings (SSSR count). The molecule has 1 aromatic carbocycles. The van der Waals surface area contributed by atoms with Gasteiger partial charge in [0.2, 0.25) is 0 Å². The zero-order valence-electron chi connectivity index (χ0n) is 9.95. The van der Waals surface area contributed by atoms with E-state index in [1.165, 1.54) is 0 Å². The highest BCUT2D eigenvalue weighted by molar-refractivity contribution is 6.30. The molecule has 0 spiro atoms. The largest absolute Gasteiger partial charge is 0.394 e. The number of benzene rings is 1. The van der Waals surface area contributed by atoms with Crippen molar-refractivity contribution in [2.24, 2.45) is 0 Å². The van der Waals surface area contributed by atoms with E-state index in [-0.39, 0.29) is 18.2 Å². The molecule has 94 valence electrons. The van der Waals surface area contributed by atoms with Crippen LogP contribution >= 0.6 is 11.6 Å². The first-order chi connectivity index (χ1) is 8.17. The van der Waals surface area contributed by atoms with E-state index in [0.717, 1.165) is 25.1 Å². The summed E-state index contributed by atoms with van der Waals surface area (Å²) >= 11 is 5.93. The Morgan fingerprint density at radius 3 is 2.88 bits per heavy atom. The maximum atomic E-state index is 9.50. The van der Waals surface area contributed by atoms with Crippen LogP contribution in [0, 0.1) is 0 Å². The summed E-state index contributed by atoms with van der Waals surface area (Å²) in [5.41, 5.74) is 0.700. The Balaban J connectivity index is 1.97. The van der Waals surface area contributed by atoms with Crippen molar-refractivity contribution < 1.29 is 9.84 Å². The minimum atomic E-state index is -0.246. The average Bonchev–Trinajstić information content (AvgIpc) is 2.26. The van der Waals surface area contributed by atoms with Crippen molar-refractivity contribution in [2.75, 3.05) is 18.5 Å². The molecular weight excluding hydrogens is 238 g/mol.